The van der Waals surface area contributed by atoms with Gasteiger partial charge in [0, 0.05) is 80.5 Å². The first kappa shape index (κ1) is 58.9. The van der Waals surface area contributed by atoms with Crippen molar-refractivity contribution in [1.82, 2.24) is 33.2 Å². The van der Waals surface area contributed by atoms with E-state index in [-0.39, 0.29) is 89.7 Å². The molecule has 6 heterocycles. The Hall–Kier alpha value is -2.10. The maximum atomic E-state index is 11.8. The van der Waals surface area contributed by atoms with E-state index in [9.17, 15) is 14.7 Å². The van der Waals surface area contributed by atoms with Crippen LogP contribution in [0.1, 0.15) is 104 Å². The minimum atomic E-state index is -0.593. The van der Waals surface area contributed by atoms with Crippen molar-refractivity contribution in [3.8, 4) is 0 Å². The Morgan fingerprint density at radius 2 is 1.31 bits per heavy atom. The second-order valence-electron chi connectivity index (χ2n) is 14.4. The van der Waals surface area contributed by atoms with Crippen molar-refractivity contribution in [1.29, 1.82) is 0 Å². The predicted molar refractivity (Wildman–Crippen MR) is 249 cm³/mol. The molecule has 2 aliphatic rings. The smallest absolute Gasteiger partial charge is 1.00 e. The van der Waals surface area contributed by atoms with Gasteiger partial charge in [-0.1, -0.05) is 70.3 Å². The summed E-state index contributed by atoms with van der Waals surface area (Å²) in [5.41, 5.74) is 4.90. The molecule has 0 spiro atoms. The Kier molecular flexibility index (Phi) is 30.6. The van der Waals surface area contributed by atoms with E-state index in [0.29, 0.717) is 17.0 Å². The number of carbonyl (C=O) groups excluding carboxylic acids is 2. The number of hydroxylamine groups is 2. The maximum absolute atomic E-state index is 11.8. The van der Waals surface area contributed by atoms with Gasteiger partial charge in [-0.2, -0.15) is 5.92 Å². The molecule has 2 aliphatic carbocycles. The van der Waals surface area contributed by atoms with Crippen LogP contribution >= 0.6 is 0 Å². The number of aliphatic hydroxyl groups is 1. The fourth-order valence-corrected chi connectivity index (χ4v) is 6.76. The van der Waals surface area contributed by atoms with Gasteiger partial charge in [0.1, 0.15) is 0 Å². The second-order valence-corrected chi connectivity index (χ2v) is 14.4. The SMILES string of the molecule is CON(C)C(=O)c1cccn2cncc12.O=Cc1cccn2cncc12.OC(CC1CCCCC1)c1cccn2cncc12.[AlH3].[B]B([B])B([B])[B].[Br-].[CH2-]C1CCCCC1.[H-].[Li+].[Mg+2]. The van der Waals surface area contributed by atoms with Gasteiger partial charge in [-0.05, 0) is 42.7 Å². The molecule has 11 nitrogen and oxygen atoms in total. The fourth-order valence-electron chi connectivity index (χ4n) is 6.76. The summed E-state index contributed by atoms with van der Waals surface area (Å²) in [6.45, 7) is 4.00. The first-order valence-electron chi connectivity index (χ1n) is 19.6. The van der Waals surface area contributed by atoms with Gasteiger partial charge in [0.15, 0.2) is 23.6 Å². The average molecular weight is 900 g/mol. The molecule has 6 aromatic heterocycles. The number of amides is 1. The quantitative estimate of drug-likeness (QED) is 0.0865. The third kappa shape index (κ3) is 18.9. The van der Waals surface area contributed by atoms with Crippen LogP contribution in [0.15, 0.2) is 92.6 Å². The topological polar surface area (TPSA) is 119 Å². The largest absolute Gasteiger partial charge is 2.00 e. The van der Waals surface area contributed by atoms with Crippen molar-refractivity contribution >= 4 is 113 Å². The summed E-state index contributed by atoms with van der Waals surface area (Å²) in [7, 11) is 22.9. The predicted octanol–water partition coefficient (Wildman–Crippen LogP) is -1.88. The molecular formula is C40H54AlB6BrLiMgN7O4. The summed E-state index contributed by atoms with van der Waals surface area (Å²) < 4.78 is 5.57. The molecule has 1 N–H and O–H groups in total. The zero-order valence-electron chi connectivity index (χ0n) is 36.3. The van der Waals surface area contributed by atoms with Crippen LogP contribution in [-0.2, 0) is 4.84 Å². The van der Waals surface area contributed by atoms with Crippen LogP contribution in [0.2, 0.25) is 0 Å². The van der Waals surface area contributed by atoms with E-state index in [0.717, 1.165) is 40.7 Å². The number of halogens is 1. The number of aromatic nitrogens is 6. The Labute approximate surface area is 418 Å². The number of hydrogen-bond acceptors (Lipinski definition) is 7. The molecular weight excluding hydrogens is 845 g/mol. The van der Waals surface area contributed by atoms with Crippen molar-refractivity contribution in [2.75, 3.05) is 14.2 Å². The number of aliphatic hydroxyl groups excluding tert-OH is 1. The summed E-state index contributed by atoms with van der Waals surface area (Å²) in [6, 6.07) is 11.1. The van der Waals surface area contributed by atoms with Gasteiger partial charge in [-0.3, -0.25) is 14.4 Å². The number of nitrogens with zero attached hydrogens (tertiary/aromatic N) is 7. The first-order valence-corrected chi connectivity index (χ1v) is 19.6. The van der Waals surface area contributed by atoms with Gasteiger partial charge in [0.05, 0.1) is 72.9 Å². The van der Waals surface area contributed by atoms with E-state index in [1.165, 1.54) is 76.4 Å². The normalized spacial score (nSPS) is 13.7. The van der Waals surface area contributed by atoms with Gasteiger partial charge in [0.25, 0.3) is 5.91 Å². The Bertz CT molecular complexity index is 2110. The maximum Gasteiger partial charge on any atom is 2.00 e. The van der Waals surface area contributed by atoms with E-state index in [2.05, 4.69) is 21.9 Å². The van der Waals surface area contributed by atoms with Gasteiger partial charge in [0.2, 0.25) is 0 Å². The second kappa shape index (κ2) is 31.7. The average Bonchev–Trinajstić information content (AvgIpc) is 4.03. The molecule has 1 amide bonds. The molecule has 1 unspecified atom stereocenters. The summed E-state index contributed by atoms with van der Waals surface area (Å²) >= 11 is 0. The van der Waals surface area contributed by atoms with E-state index >= 15 is 0 Å². The van der Waals surface area contributed by atoms with Crippen molar-refractivity contribution in [3.63, 3.8) is 0 Å². The molecule has 6 aromatic rings. The first-order chi connectivity index (χ1) is 27.5. The van der Waals surface area contributed by atoms with Gasteiger partial charge >= 0.3 is 41.9 Å². The molecule has 2 saturated carbocycles. The molecule has 304 valence electrons. The van der Waals surface area contributed by atoms with Crippen molar-refractivity contribution < 1.29 is 56.8 Å². The Morgan fingerprint density at radius 1 is 0.852 bits per heavy atom. The van der Waals surface area contributed by atoms with Crippen molar-refractivity contribution in [3.05, 3.63) is 116 Å². The number of hydrogen-bond donors (Lipinski definition) is 1. The van der Waals surface area contributed by atoms with Gasteiger partial charge < -0.3 is 43.6 Å². The van der Waals surface area contributed by atoms with Crippen LogP contribution in [-0.4, -0.2) is 149 Å². The summed E-state index contributed by atoms with van der Waals surface area (Å²) in [5, 5.41) is 11.6. The van der Waals surface area contributed by atoms with Crippen molar-refractivity contribution in [2.24, 2.45) is 11.8 Å². The van der Waals surface area contributed by atoms with E-state index < -0.39 is 12.8 Å². The van der Waals surface area contributed by atoms with Crippen LogP contribution in [0.3, 0.4) is 0 Å². The summed E-state index contributed by atoms with van der Waals surface area (Å²) in [6.07, 6.45) is 29.7. The summed E-state index contributed by atoms with van der Waals surface area (Å²) in [4.78, 5) is 39.2. The summed E-state index contributed by atoms with van der Waals surface area (Å²) in [5.74, 6) is 1.29. The number of carbonyl (C=O) groups is 2. The third-order valence-corrected chi connectivity index (χ3v) is 10.1. The molecule has 0 saturated heterocycles. The zero-order valence-corrected chi connectivity index (χ0v) is 38.3. The van der Waals surface area contributed by atoms with Crippen LogP contribution in [0.5, 0.6) is 0 Å². The number of imidazole rings is 3. The standard InChI is InChI=1S/C15H20N2O.C10H11N3O2.C8H6N2O.C7H13.Al.B6.BrH.Li.Mg.4H/c18-15(9-12-5-2-1-3-6-12)13-7-4-8-17-11-16-10-14(13)17;1-12(15-2)10(14)8-4-3-5-13-7-11-6-9(8)13;11-5-7-2-1-3-10-6-9-4-8(7)10;1-7-5-3-2-4-6-7;;1-5(2)6(3)4;;;;;;;/h4,7-8,10-12,15,18H,1-3,5-6,9H2;3-7H,1-2H3;1-6H;7H,1-6H2;;;1H;;;;;;/q;;;-1;;;;+1;+2;;;;-1/p-1. The number of fused-ring (bicyclic) bond motifs is 3. The molecule has 2 fully saturated rings. The van der Waals surface area contributed by atoms with E-state index in [1.54, 1.807) is 61.0 Å². The van der Waals surface area contributed by atoms with Crippen LogP contribution < -0.4 is 35.8 Å². The van der Waals surface area contributed by atoms with E-state index in [1.807, 2.05) is 51.8 Å². The molecule has 61 heavy (non-hydrogen) atoms. The Balaban J connectivity index is 0. The minimum absolute atomic E-state index is 0. The third-order valence-electron chi connectivity index (χ3n) is 10.1. The minimum Gasteiger partial charge on any atom is -1.00 e. The molecule has 8 rings (SSSR count). The molecule has 0 bridgehead atoms. The zero-order chi connectivity index (χ0) is 41.2. The molecule has 0 aromatic carbocycles. The van der Waals surface area contributed by atoms with Crippen LogP contribution in [0.25, 0.3) is 16.6 Å². The van der Waals surface area contributed by atoms with E-state index in [4.69, 9.17) is 35.8 Å². The molecule has 1 atom stereocenters. The van der Waals surface area contributed by atoms with Gasteiger partial charge in [-0.25, -0.2) is 20.0 Å². The molecule has 0 aliphatic heterocycles. The number of pyridine rings is 3. The van der Waals surface area contributed by atoms with Crippen LogP contribution in [0.4, 0.5) is 0 Å². The number of aldehydes is 1. The van der Waals surface area contributed by atoms with Crippen molar-refractivity contribution in [2.45, 2.75) is 76.7 Å². The van der Waals surface area contributed by atoms with Gasteiger partial charge in [-0.15, -0.1) is 0 Å². The monoisotopic (exact) mass is 899 g/mol. The Morgan fingerprint density at radius 3 is 1.80 bits per heavy atom. The van der Waals surface area contributed by atoms with Crippen LogP contribution in [0, 0.1) is 18.8 Å². The molecule has 8 radical (unpaired) electrons. The fraction of sp³-hybridized carbons (Fsp3) is 0.400. The number of rotatable bonds is 7. The molecule has 21 heteroatoms.